The molecule has 0 spiro atoms. The molecule has 3 aromatic heterocycles. The minimum Gasteiger partial charge on any atom is -0.357 e. The summed E-state index contributed by atoms with van der Waals surface area (Å²) in [7, 11) is 3.50. The summed E-state index contributed by atoms with van der Waals surface area (Å²) in [5.41, 5.74) is 5.31. The van der Waals surface area contributed by atoms with Crippen molar-refractivity contribution in [1.82, 2.24) is 24.6 Å². The number of benzene rings is 1. The fourth-order valence-electron chi connectivity index (χ4n) is 3.96. The molecule has 1 amide bonds. The first kappa shape index (κ1) is 19.0. The van der Waals surface area contributed by atoms with Gasteiger partial charge in [0, 0.05) is 37.4 Å². The number of aromatic nitrogens is 4. The zero-order valence-electron chi connectivity index (χ0n) is 17.2. The number of pyridine rings is 1. The third-order valence-electron chi connectivity index (χ3n) is 5.58. The molecule has 150 valence electrons. The second-order valence-electron chi connectivity index (χ2n) is 7.63. The largest absolute Gasteiger partial charge is 0.357 e. The summed E-state index contributed by atoms with van der Waals surface area (Å²) in [5.74, 6) is 0.0597. The highest BCUT2D eigenvalue weighted by molar-refractivity contribution is 5.82. The number of hydrogen-bond donors (Lipinski definition) is 2. The molecule has 4 rings (SSSR count). The van der Waals surface area contributed by atoms with Gasteiger partial charge in [-0.1, -0.05) is 18.2 Å². The van der Waals surface area contributed by atoms with Gasteiger partial charge in [-0.05, 0) is 48.9 Å². The molecule has 7 nitrogen and oxygen atoms in total. The number of nitrogens with zero attached hydrogens (tertiary/aromatic N) is 3. The van der Waals surface area contributed by atoms with E-state index in [1.54, 1.807) is 11.9 Å². The van der Waals surface area contributed by atoms with Crippen LogP contribution in [0.5, 0.6) is 0 Å². The molecule has 0 saturated heterocycles. The molecule has 0 aliphatic heterocycles. The number of carbonyl (C=O) groups excluding carboxylic acids is 1. The number of hydrogen-bond acceptors (Lipinski definition) is 3. The molecule has 4 aromatic rings. The van der Waals surface area contributed by atoms with Crippen LogP contribution in [0.2, 0.25) is 0 Å². The van der Waals surface area contributed by atoms with Crippen LogP contribution < -0.4 is 5.56 Å². The Morgan fingerprint density at radius 2 is 2.00 bits per heavy atom. The van der Waals surface area contributed by atoms with Gasteiger partial charge in [-0.15, -0.1) is 0 Å². The number of rotatable bonds is 5. The van der Waals surface area contributed by atoms with Crippen molar-refractivity contribution < 1.29 is 4.79 Å². The van der Waals surface area contributed by atoms with Crippen molar-refractivity contribution in [2.75, 3.05) is 7.05 Å². The first-order valence-corrected chi connectivity index (χ1v) is 9.70. The maximum atomic E-state index is 12.7. The quantitative estimate of drug-likeness (QED) is 0.548. The third-order valence-corrected chi connectivity index (χ3v) is 5.58. The Bertz CT molecular complexity index is 1240. The highest BCUT2D eigenvalue weighted by Gasteiger charge is 2.17. The Morgan fingerprint density at radius 1 is 1.24 bits per heavy atom. The molecule has 0 unspecified atom stereocenters. The molecule has 0 bridgehead atoms. The number of aromatic amines is 2. The summed E-state index contributed by atoms with van der Waals surface area (Å²) in [6.45, 7) is 4.38. The van der Waals surface area contributed by atoms with E-state index in [-0.39, 0.29) is 11.5 Å². The molecule has 0 aliphatic carbocycles. The van der Waals surface area contributed by atoms with E-state index in [1.807, 2.05) is 39.1 Å². The van der Waals surface area contributed by atoms with E-state index in [4.69, 9.17) is 0 Å². The number of aryl methyl sites for hydroxylation is 3. The number of para-hydroxylation sites is 1. The number of carbonyl (C=O) groups is 1. The first-order chi connectivity index (χ1) is 13.8. The standard InChI is InChI=1S/C22H25N5O2/c1-13-17(14(2)23-21-20(13)22(29)27(4)25-21)9-10-19(28)26(3)12-16-11-15-7-5-6-8-18(15)24-16/h5-8,11,24H,9-10,12H2,1-4H3,(H,23,25). The molecule has 0 atom stereocenters. The summed E-state index contributed by atoms with van der Waals surface area (Å²) in [6, 6.07) is 10.2. The van der Waals surface area contributed by atoms with Gasteiger partial charge >= 0.3 is 0 Å². The fraction of sp³-hybridized carbons (Fsp3) is 0.318. The van der Waals surface area contributed by atoms with Crippen LogP contribution in [0, 0.1) is 13.8 Å². The highest BCUT2D eigenvalue weighted by Crippen LogP contribution is 2.21. The molecule has 29 heavy (non-hydrogen) atoms. The van der Waals surface area contributed by atoms with Crippen molar-refractivity contribution in [2.45, 2.75) is 33.2 Å². The molecular formula is C22H25N5O2. The third kappa shape index (κ3) is 3.44. The van der Waals surface area contributed by atoms with E-state index >= 15 is 0 Å². The van der Waals surface area contributed by atoms with E-state index in [0.29, 0.717) is 30.4 Å². The van der Waals surface area contributed by atoms with Crippen LogP contribution in [-0.2, 0) is 24.8 Å². The Kier molecular flexibility index (Phi) is 4.74. The van der Waals surface area contributed by atoms with Gasteiger partial charge in [-0.2, -0.15) is 0 Å². The lowest BCUT2D eigenvalue weighted by Gasteiger charge is -2.17. The molecule has 0 radical (unpaired) electrons. The van der Waals surface area contributed by atoms with Crippen molar-refractivity contribution in [3.8, 4) is 0 Å². The second kappa shape index (κ2) is 7.24. The summed E-state index contributed by atoms with van der Waals surface area (Å²) in [4.78, 5) is 34.7. The van der Waals surface area contributed by atoms with Gasteiger partial charge in [-0.3, -0.25) is 19.4 Å². The van der Waals surface area contributed by atoms with Gasteiger partial charge in [0.15, 0.2) is 5.65 Å². The molecule has 1 aromatic carbocycles. The van der Waals surface area contributed by atoms with Crippen LogP contribution in [0.1, 0.15) is 28.9 Å². The van der Waals surface area contributed by atoms with Crippen molar-refractivity contribution in [1.29, 1.82) is 0 Å². The van der Waals surface area contributed by atoms with Crippen molar-refractivity contribution in [3.63, 3.8) is 0 Å². The summed E-state index contributed by atoms with van der Waals surface area (Å²) in [5, 5.41) is 4.72. The summed E-state index contributed by atoms with van der Waals surface area (Å²) in [6.07, 6.45) is 0.932. The number of H-pyrrole nitrogens is 2. The molecule has 0 saturated carbocycles. The van der Waals surface area contributed by atoms with Gasteiger partial charge < -0.3 is 9.88 Å². The monoisotopic (exact) mass is 391 g/mol. The lowest BCUT2D eigenvalue weighted by atomic mass is 10.00. The maximum absolute atomic E-state index is 12.7. The van der Waals surface area contributed by atoms with E-state index in [2.05, 4.69) is 27.2 Å². The lowest BCUT2D eigenvalue weighted by molar-refractivity contribution is -0.130. The van der Waals surface area contributed by atoms with Crippen LogP contribution in [0.25, 0.3) is 21.9 Å². The topological polar surface area (TPSA) is 86.8 Å². The first-order valence-electron chi connectivity index (χ1n) is 9.70. The average Bonchev–Trinajstić information content (AvgIpc) is 3.21. The lowest BCUT2D eigenvalue weighted by Crippen LogP contribution is -2.26. The molecule has 7 heteroatoms. The Morgan fingerprint density at radius 3 is 2.76 bits per heavy atom. The smallest absolute Gasteiger partial charge is 0.276 e. The number of fused-ring (bicyclic) bond motifs is 2. The van der Waals surface area contributed by atoms with Crippen LogP contribution in [0.3, 0.4) is 0 Å². The summed E-state index contributed by atoms with van der Waals surface area (Å²) < 4.78 is 1.44. The van der Waals surface area contributed by atoms with Crippen LogP contribution in [0.4, 0.5) is 0 Å². The fourth-order valence-corrected chi connectivity index (χ4v) is 3.96. The van der Waals surface area contributed by atoms with Crippen molar-refractivity contribution in [3.05, 3.63) is 63.2 Å². The van der Waals surface area contributed by atoms with Crippen molar-refractivity contribution in [2.24, 2.45) is 7.05 Å². The van der Waals surface area contributed by atoms with E-state index < -0.39 is 0 Å². The summed E-state index contributed by atoms with van der Waals surface area (Å²) >= 11 is 0. The van der Waals surface area contributed by atoms with Gasteiger partial charge in [-0.25, -0.2) is 4.98 Å². The molecule has 0 fully saturated rings. The maximum Gasteiger partial charge on any atom is 0.276 e. The predicted molar refractivity (Wildman–Crippen MR) is 114 cm³/mol. The average molecular weight is 391 g/mol. The second-order valence-corrected chi connectivity index (χ2v) is 7.63. The molecule has 0 aliphatic rings. The number of nitrogens with one attached hydrogen (secondary N) is 2. The molecular weight excluding hydrogens is 366 g/mol. The predicted octanol–water partition coefficient (Wildman–Crippen LogP) is 2.95. The zero-order chi connectivity index (χ0) is 20.7. The van der Waals surface area contributed by atoms with Gasteiger partial charge in [0.25, 0.3) is 5.56 Å². The molecule has 3 heterocycles. The minimum absolute atomic E-state index is 0.0597. The SMILES string of the molecule is Cc1nc2[nH]n(C)c(=O)c2c(C)c1CCC(=O)N(C)Cc1cc2ccccc2[nH]1. The number of amides is 1. The van der Waals surface area contributed by atoms with E-state index in [0.717, 1.165) is 33.4 Å². The van der Waals surface area contributed by atoms with E-state index in [1.165, 1.54) is 4.68 Å². The van der Waals surface area contributed by atoms with Crippen LogP contribution in [-0.4, -0.2) is 37.6 Å². The van der Waals surface area contributed by atoms with E-state index in [9.17, 15) is 9.59 Å². The minimum atomic E-state index is -0.0893. The normalized spacial score (nSPS) is 11.4. The van der Waals surface area contributed by atoms with Crippen LogP contribution in [0.15, 0.2) is 35.1 Å². The highest BCUT2D eigenvalue weighted by atomic mass is 16.2. The Labute approximate surface area is 168 Å². The van der Waals surface area contributed by atoms with Gasteiger partial charge in [0.2, 0.25) is 5.91 Å². The van der Waals surface area contributed by atoms with Crippen LogP contribution >= 0.6 is 0 Å². The zero-order valence-corrected chi connectivity index (χ0v) is 17.2. The molecule has 2 N–H and O–H groups in total. The Balaban J connectivity index is 1.49. The van der Waals surface area contributed by atoms with Crippen molar-refractivity contribution >= 4 is 27.8 Å². The Hall–Kier alpha value is -3.35. The van der Waals surface area contributed by atoms with Gasteiger partial charge in [0.05, 0.1) is 11.9 Å². The van der Waals surface area contributed by atoms with Gasteiger partial charge in [0.1, 0.15) is 0 Å².